The lowest BCUT2D eigenvalue weighted by Crippen LogP contribution is -2.44. The van der Waals surface area contributed by atoms with Gasteiger partial charge in [-0.1, -0.05) is 271 Å². The van der Waals surface area contributed by atoms with Crippen molar-refractivity contribution in [3.63, 3.8) is 0 Å². The summed E-state index contributed by atoms with van der Waals surface area (Å²) in [5.74, 6) is 0. The van der Waals surface area contributed by atoms with Gasteiger partial charge in [0.25, 0.3) is 16.9 Å². The van der Waals surface area contributed by atoms with Crippen LogP contribution in [0.3, 0.4) is 0 Å². The average molecular weight is 1270 g/mol. The molecule has 0 fully saturated rings. The van der Waals surface area contributed by atoms with E-state index >= 15 is 0 Å². The third-order valence-electron chi connectivity index (χ3n) is 22.6. The molecule has 6 heteroatoms. The van der Waals surface area contributed by atoms with Crippen molar-refractivity contribution in [1.29, 1.82) is 0 Å². The molecule has 0 aliphatic carbocycles. The number of hydrogen-bond acceptors (Lipinski definition) is 0. The molecule has 474 valence electrons. The molecule has 0 saturated heterocycles. The summed E-state index contributed by atoms with van der Waals surface area (Å²) in [5, 5.41) is 8.11. The van der Waals surface area contributed by atoms with Gasteiger partial charge in [0, 0.05) is 127 Å². The Morgan fingerprint density at radius 2 is 0.589 bits per heavy atom. The van der Waals surface area contributed by atoms with Crippen molar-refractivity contribution in [2.45, 2.75) is 150 Å². The minimum absolute atomic E-state index is 0.142. The summed E-state index contributed by atoms with van der Waals surface area (Å²) in [6.45, 7) is -1.16. The zero-order valence-electron chi connectivity index (χ0n) is 77.1. The number of imidazole rings is 3. The molecule has 15 aromatic rings. The Bertz CT molecular complexity index is 6660. The molecule has 9 heterocycles. The minimum atomic E-state index is -2.97. The Kier molecular flexibility index (Phi) is 8.76. The lowest BCUT2D eigenvalue weighted by molar-refractivity contribution is -0.632. The third kappa shape index (κ3) is 7.60. The van der Waals surface area contributed by atoms with E-state index < -0.39 is 80.5 Å². The number of para-hydroxylation sites is 1. The molecular formula is C89H91N6+3. The van der Waals surface area contributed by atoms with Crippen LogP contribution < -0.4 is 13.7 Å². The standard InChI is InChI=1S/2C30H31N2.C29H29N2/c2*1-18-12-11-15-21-23-19(2)16-17-22-26(23)32-27(30(5,6)29(22,3)4)25(20-13-9-8-10-14-20)31(7)28(32)24(18)21;1-18-12-10-15-20-21-16-11-17-22-25(21)31-26(29(4,5)28(22,2)3)24(19-13-8-7-9-14-19)30(6)27(31)23(18)20/h2*8-17H,1-7H3;7-17H,1-6H3/q3*+1/i2D3,5D3,6D3;5D3,6D3;4D3,5D3. The summed E-state index contributed by atoms with van der Waals surface area (Å²) in [7, 11) is 5.67. The van der Waals surface area contributed by atoms with E-state index in [1.54, 1.807) is 52.0 Å². The summed E-state index contributed by atoms with van der Waals surface area (Å²) in [6, 6.07) is 59.4. The van der Waals surface area contributed by atoms with Gasteiger partial charge in [0.15, 0.2) is 34.2 Å². The van der Waals surface area contributed by atoms with E-state index in [1.165, 1.54) is 6.07 Å². The normalized spacial score (nSPS) is 20.7. The van der Waals surface area contributed by atoms with Gasteiger partial charge in [0.1, 0.15) is 16.6 Å². The molecular weight excluding hydrogens is 1150 g/mol. The van der Waals surface area contributed by atoms with Crippen LogP contribution in [-0.2, 0) is 53.6 Å². The molecule has 6 aromatic heterocycles. The van der Waals surface area contributed by atoms with Gasteiger partial charge in [-0.05, 0) is 62.4 Å². The molecule has 95 heavy (non-hydrogen) atoms. The van der Waals surface area contributed by atoms with Crippen molar-refractivity contribution in [3.8, 4) is 33.8 Å². The highest BCUT2D eigenvalue weighted by molar-refractivity contribution is 6.17. The molecule has 0 saturated carbocycles. The van der Waals surface area contributed by atoms with E-state index in [2.05, 4.69) is 38.1 Å². The zero-order valence-corrected chi connectivity index (χ0v) is 56.1. The van der Waals surface area contributed by atoms with E-state index in [-0.39, 0.29) is 11.3 Å². The quantitative estimate of drug-likeness (QED) is 0.124. The van der Waals surface area contributed by atoms with E-state index in [0.29, 0.717) is 56.1 Å². The van der Waals surface area contributed by atoms with Crippen molar-refractivity contribution in [2.24, 2.45) is 21.1 Å². The molecule has 0 radical (unpaired) electrons. The predicted molar refractivity (Wildman–Crippen MR) is 399 cm³/mol. The summed E-state index contributed by atoms with van der Waals surface area (Å²) >= 11 is 0. The average Bonchev–Trinajstić information content (AvgIpc) is 1.40. The molecule has 9 aromatic carbocycles. The molecule has 0 spiro atoms. The maximum absolute atomic E-state index is 8.96. The number of aromatic nitrogens is 6. The number of pyridine rings is 3. The maximum atomic E-state index is 8.96. The van der Waals surface area contributed by atoms with Crippen molar-refractivity contribution in [2.75, 3.05) is 0 Å². The van der Waals surface area contributed by atoms with E-state index in [0.717, 1.165) is 110 Å². The topological polar surface area (TPSA) is 24.9 Å². The van der Waals surface area contributed by atoms with Crippen molar-refractivity contribution in [3.05, 3.63) is 250 Å². The van der Waals surface area contributed by atoms with Crippen LogP contribution in [0.15, 0.2) is 188 Å². The smallest absolute Gasteiger partial charge is 0.225 e. The second kappa shape index (κ2) is 20.1. The van der Waals surface area contributed by atoms with Gasteiger partial charge in [-0.15, -0.1) is 0 Å². The molecule has 0 N–H and O–H groups in total. The van der Waals surface area contributed by atoms with Gasteiger partial charge in [-0.3, -0.25) is 0 Å². The molecule has 0 atom stereocenters. The molecule has 18 rings (SSSR count). The lowest BCUT2D eigenvalue weighted by atomic mass is 9.60. The summed E-state index contributed by atoms with van der Waals surface area (Å²) in [4.78, 5) is 0. The van der Waals surface area contributed by atoms with E-state index in [4.69, 9.17) is 28.8 Å². The Morgan fingerprint density at radius 3 is 0.968 bits per heavy atom. The molecule has 0 unspecified atom stereocenters. The maximum Gasteiger partial charge on any atom is 0.295 e. The van der Waals surface area contributed by atoms with Crippen molar-refractivity contribution >= 4 is 82.0 Å². The van der Waals surface area contributed by atoms with E-state index in [1.807, 2.05) is 209 Å². The highest BCUT2D eigenvalue weighted by Crippen LogP contribution is 2.57. The zero-order chi connectivity index (χ0) is 84.4. The van der Waals surface area contributed by atoms with Crippen LogP contribution in [0, 0.1) is 34.5 Å². The SMILES string of the molecule is [2H]C([2H])([2H])C1(C([2H])([2H])[2H])c2c(-c3ccccc3)[n+](C)c3c4c(C)cccc4c4c(C)ccc(c4n23)C1(C)C.[2H]C([2H])([2H])C1(C([2H])([2H])[2H])c2c(-c3ccccc3)[n+](C)c3c4c(C)cccc4c4cccc(c4n23)C1(C)C.[2H]C([2H])([2H])c1ccc2c3c1c1cccc(C)c1c1n3c(c(-c3ccccc3)[n+]1C)C(C([2H])([2H])[2H])(C([2H])([2H])[2H])C2(C)C. The van der Waals surface area contributed by atoms with Crippen LogP contribution in [0.2, 0.25) is 0 Å². The second-order valence-electron chi connectivity index (χ2n) is 28.7. The number of benzene rings is 9. The van der Waals surface area contributed by atoms with Crippen LogP contribution in [0.1, 0.15) is 173 Å². The van der Waals surface area contributed by atoms with E-state index in [9.17, 15) is 0 Å². The van der Waals surface area contributed by atoms with Crippen LogP contribution in [0.25, 0.3) is 116 Å². The third-order valence-corrected chi connectivity index (χ3v) is 22.6. The van der Waals surface area contributed by atoms with Crippen molar-refractivity contribution < 1.29 is 42.5 Å². The molecule has 3 aliphatic rings. The first kappa shape index (κ1) is 41.4. The number of hydrogen-bond donors (Lipinski definition) is 0. The molecule has 0 bridgehead atoms. The van der Waals surface area contributed by atoms with Gasteiger partial charge in [0.05, 0.1) is 37.3 Å². The van der Waals surface area contributed by atoms with Crippen LogP contribution in [0.4, 0.5) is 0 Å². The first-order valence-corrected chi connectivity index (χ1v) is 32.7. The lowest BCUT2D eigenvalue weighted by Gasteiger charge is -2.43. The number of rotatable bonds is 3. The second-order valence-corrected chi connectivity index (χ2v) is 28.7. The predicted octanol–water partition coefficient (Wildman–Crippen LogP) is 20.5. The number of aryl methyl sites for hydroxylation is 8. The fourth-order valence-electron chi connectivity index (χ4n) is 17.1. The molecule has 0 amide bonds. The molecule has 6 nitrogen and oxygen atoms in total. The monoisotopic (exact) mass is 1260 g/mol. The van der Waals surface area contributed by atoms with Crippen molar-refractivity contribution in [1.82, 2.24) is 13.2 Å². The Balaban J connectivity index is 0.000000131. The van der Waals surface area contributed by atoms with Crippen LogP contribution in [-0.4, -0.2) is 13.2 Å². The summed E-state index contributed by atoms with van der Waals surface area (Å²) in [6.07, 6.45) is 0. The highest BCUT2D eigenvalue weighted by Gasteiger charge is 2.56. The summed E-state index contributed by atoms with van der Waals surface area (Å²) < 4.78 is 198. The Morgan fingerprint density at radius 1 is 0.284 bits per heavy atom. The number of fused-ring (bicyclic) bond motifs is 9. The highest BCUT2D eigenvalue weighted by atomic mass is 15.2. The molecule has 3 aliphatic heterocycles. The fraction of sp³-hybridized carbons (Fsp3) is 0.292. The number of nitrogens with zero attached hydrogens (tertiary/aromatic N) is 6. The van der Waals surface area contributed by atoms with Gasteiger partial charge < -0.3 is 0 Å². The Hall–Kier alpha value is -9.39. The van der Waals surface area contributed by atoms with Crippen LogP contribution >= 0.6 is 0 Å². The first-order valence-electron chi connectivity index (χ1n) is 43.2. The van der Waals surface area contributed by atoms with Gasteiger partial charge in [0.2, 0.25) is 0 Å². The minimum Gasteiger partial charge on any atom is -0.225 e. The van der Waals surface area contributed by atoms with Crippen LogP contribution in [0.5, 0.6) is 0 Å². The first-order chi connectivity index (χ1) is 53.8. The largest absolute Gasteiger partial charge is 0.295 e. The fourth-order valence-corrected chi connectivity index (χ4v) is 17.1. The summed E-state index contributed by atoms with van der Waals surface area (Å²) in [5.41, 5.74) is 4.73. The Labute approximate surface area is 589 Å². The van der Waals surface area contributed by atoms with Gasteiger partial charge >= 0.3 is 0 Å². The van der Waals surface area contributed by atoms with Gasteiger partial charge in [-0.2, -0.15) is 13.2 Å². The van der Waals surface area contributed by atoms with Gasteiger partial charge in [-0.25, -0.2) is 13.7 Å².